The summed E-state index contributed by atoms with van der Waals surface area (Å²) < 4.78 is 21.7. The van der Waals surface area contributed by atoms with E-state index in [9.17, 15) is 4.79 Å². The fourth-order valence-corrected chi connectivity index (χ4v) is 2.58. The average molecular weight is 490 g/mol. The number of anilines is 1. The van der Waals surface area contributed by atoms with Crippen molar-refractivity contribution in [1.82, 2.24) is 0 Å². The molecule has 2 aromatic carbocycles. The van der Waals surface area contributed by atoms with E-state index in [1.165, 1.54) is 20.3 Å². The maximum Gasteiger partial charge on any atom is 0.240 e. The molecule has 0 saturated carbocycles. The lowest BCUT2D eigenvalue weighted by atomic mass is 10.3. The second-order valence-corrected chi connectivity index (χ2v) is 6.30. The molecule has 26 heavy (non-hydrogen) atoms. The number of nitrogen functional groups attached to an aromatic ring is 1. The molecule has 2 rings (SSSR count). The lowest BCUT2D eigenvalue weighted by molar-refractivity contribution is 0.355. The van der Waals surface area contributed by atoms with Crippen LogP contribution in [0.5, 0.6) is 23.0 Å². The Hall–Kier alpha value is -2.22. The molecule has 0 aliphatic heterocycles. The average Bonchev–Trinajstić information content (AvgIpc) is 2.65. The van der Waals surface area contributed by atoms with Crippen LogP contribution in [0, 0.1) is 0 Å². The topological polar surface area (TPSA) is 92.4 Å². The van der Waals surface area contributed by atoms with E-state index in [1.807, 2.05) is 0 Å². The summed E-state index contributed by atoms with van der Waals surface area (Å²) >= 11 is 6.53. The third-order valence-electron chi connectivity index (χ3n) is 3.12. The minimum atomic E-state index is 0.456. The molecule has 0 spiro atoms. The Bertz CT molecular complexity index is 779. The van der Waals surface area contributed by atoms with E-state index < -0.39 is 0 Å². The van der Waals surface area contributed by atoms with E-state index in [-0.39, 0.29) is 0 Å². The van der Waals surface area contributed by atoms with Gasteiger partial charge in [-0.3, -0.25) is 0 Å². The van der Waals surface area contributed by atoms with E-state index in [0.29, 0.717) is 38.8 Å². The zero-order valence-electron chi connectivity index (χ0n) is 14.6. The van der Waals surface area contributed by atoms with Gasteiger partial charge in [-0.1, -0.05) is 0 Å². The van der Waals surface area contributed by atoms with Crippen molar-refractivity contribution in [2.45, 2.75) is 0 Å². The molecule has 0 aliphatic carbocycles. The summed E-state index contributed by atoms with van der Waals surface area (Å²) in [6.07, 6.45) is 1.46. The van der Waals surface area contributed by atoms with Crippen molar-refractivity contribution in [1.29, 1.82) is 0 Å². The molecule has 0 aliphatic rings. The van der Waals surface area contributed by atoms with Crippen LogP contribution < -0.4 is 24.7 Å². The first kappa shape index (κ1) is 21.8. The highest BCUT2D eigenvalue weighted by molar-refractivity contribution is 9.11. The molecule has 9 heteroatoms. The number of nitrogens with two attached hydrogens (primary N) is 1. The summed E-state index contributed by atoms with van der Waals surface area (Å²) in [6, 6.07) is 6.75. The highest BCUT2D eigenvalue weighted by atomic mass is 79.9. The lowest BCUT2D eigenvalue weighted by Gasteiger charge is -2.08. The second-order valence-electron chi connectivity index (χ2n) is 4.59. The number of hydrogen-bond acceptors (Lipinski definition) is 7. The molecule has 0 atom stereocenters. The van der Waals surface area contributed by atoms with Gasteiger partial charge in [-0.15, -0.1) is 0 Å². The maximum absolute atomic E-state index is 10.1. The highest BCUT2D eigenvalue weighted by Crippen LogP contribution is 2.37. The Balaban J connectivity index is 0.000000263. The zero-order valence-corrected chi connectivity index (χ0v) is 17.8. The molecule has 2 aromatic rings. The van der Waals surface area contributed by atoms with Gasteiger partial charge in [0.25, 0.3) is 0 Å². The minimum absolute atomic E-state index is 0.456. The van der Waals surface area contributed by atoms with E-state index in [2.05, 4.69) is 36.9 Å². The van der Waals surface area contributed by atoms with Crippen molar-refractivity contribution >= 4 is 49.3 Å². The molecule has 0 aromatic heterocycles. The van der Waals surface area contributed by atoms with E-state index >= 15 is 0 Å². The quantitative estimate of drug-likeness (QED) is 0.378. The summed E-state index contributed by atoms with van der Waals surface area (Å²) in [4.78, 5) is 13.6. The van der Waals surface area contributed by atoms with Crippen molar-refractivity contribution in [3.05, 3.63) is 33.2 Å². The van der Waals surface area contributed by atoms with Gasteiger partial charge >= 0.3 is 0 Å². The number of ether oxygens (including phenoxy) is 4. The molecular formula is C17H18Br2N2O5. The zero-order chi connectivity index (χ0) is 19.7. The third-order valence-corrected chi connectivity index (χ3v) is 4.44. The molecule has 0 unspecified atom stereocenters. The fraction of sp³-hybridized carbons (Fsp3) is 0.235. The van der Waals surface area contributed by atoms with Crippen LogP contribution in [0.15, 0.2) is 38.2 Å². The van der Waals surface area contributed by atoms with Gasteiger partial charge in [-0.25, -0.2) is 4.79 Å². The van der Waals surface area contributed by atoms with Gasteiger partial charge in [-0.2, -0.15) is 4.99 Å². The van der Waals surface area contributed by atoms with Gasteiger partial charge in [0.1, 0.15) is 0 Å². The summed E-state index contributed by atoms with van der Waals surface area (Å²) in [7, 11) is 6.21. The third kappa shape index (κ3) is 5.66. The fourth-order valence-electron chi connectivity index (χ4n) is 1.85. The van der Waals surface area contributed by atoms with Gasteiger partial charge in [0.2, 0.25) is 6.08 Å². The number of carbonyl (C=O) groups excluding carboxylic acids is 1. The smallest absolute Gasteiger partial charge is 0.240 e. The van der Waals surface area contributed by atoms with Crippen LogP contribution in [-0.2, 0) is 4.79 Å². The number of rotatable bonds is 5. The first-order valence-corrected chi connectivity index (χ1v) is 8.66. The van der Waals surface area contributed by atoms with E-state index in [4.69, 9.17) is 24.7 Å². The normalized spacial score (nSPS) is 9.31. The number of aliphatic imine (C=N–C) groups is 1. The van der Waals surface area contributed by atoms with Gasteiger partial charge in [0.15, 0.2) is 23.0 Å². The summed E-state index contributed by atoms with van der Waals surface area (Å²) in [5, 5.41) is 0. The van der Waals surface area contributed by atoms with E-state index in [0.717, 1.165) is 4.47 Å². The molecule has 7 nitrogen and oxygen atoms in total. The molecule has 140 valence electrons. The molecule has 0 fully saturated rings. The number of hydrogen-bond donors (Lipinski definition) is 1. The van der Waals surface area contributed by atoms with Crippen molar-refractivity contribution in [2.75, 3.05) is 34.2 Å². The van der Waals surface area contributed by atoms with Crippen molar-refractivity contribution in [3.8, 4) is 23.0 Å². The Morgan fingerprint density at radius 2 is 1.23 bits per heavy atom. The van der Waals surface area contributed by atoms with Gasteiger partial charge in [0.05, 0.1) is 34.1 Å². The van der Waals surface area contributed by atoms with Crippen LogP contribution in [0.3, 0.4) is 0 Å². The van der Waals surface area contributed by atoms with Crippen LogP contribution in [0.1, 0.15) is 0 Å². The standard InChI is InChI=1S/C9H8BrNO3.C8H10BrNO2/c1-13-8-3-6(10)7(11-5-12)4-9(8)14-2;1-11-7-3-5(9)6(10)4-8(7)12-2/h3-4H,1-2H3;3-4H,10H2,1-2H3. The number of methoxy groups -OCH3 is 4. The maximum atomic E-state index is 10.1. The Labute approximate surface area is 168 Å². The van der Waals surface area contributed by atoms with Crippen LogP contribution in [0.25, 0.3) is 0 Å². The molecule has 2 N–H and O–H groups in total. The Morgan fingerprint density at radius 1 is 0.808 bits per heavy atom. The monoisotopic (exact) mass is 488 g/mol. The molecular weight excluding hydrogens is 472 g/mol. The van der Waals surface area contributed by atoms with Crippen molar-refractivity contribution in [2.24, 2.45) is 4.99 Å². The van der Waals surface area contributed by atoms with Gasteiger partial charge in [0, 0.05) is 38.9 Å². The summed E-state index contributed by atoms with van der Waals surface area (Å²) in [5.74, 6) is 2.39. The Morgan fingerprint density at radius 3 is 1.69 bits per heavy atom. The lowest BCUT2D eigenvalue weighted by Crippen LogP contribution is -1.93. The number of isocyanates is 1. The SMILES string of the molecule is COc1cc(Br)c(N=C=O)cc1OC.COc1cc(N)c(Br)cc1OC. The van der Waals surface area contributed by atoms with Crippen LogP contribution >= 0.6 is 31.9 Å². The largest absolute Gasteiger partial charge is 0.493 e. The van der Waals surface area contributed by atoms with Crippen LogP contribution in [0.2, 0.25) is 0 Å². The predicted molar refractivity (Wildman–Crippen MR) is 107 cm³/mol. The van der Waals surface area contributed by atoms with E-state index in [1.54, 1.807) is 38.5 Å². The Kier molecular flexibility index (Phi) is 8.98. The van der Waals surface area contributed by atoms with Crippen molar-refractivity contribution < 1.29 is 23.7 Å². The second kappa shape index (κ2) is 10.7. The predicted octanol–water partition coefficient (Wildman–Crippen LogP) is 4.48. The van der Waals surface area contributed by atoms with Crippen LogP contribution in [0.4, 0.5) is 11.4 Å². The molecule has 0 saturated heterocycles. The molecule has 0 amide bonds. The first-order valence-electron chi connectivity index (χ1n) is 7.08. The summed E-state index contributed by atoms with van der Waals surface area (Å²) in [6.45, 7) is 0. The van der Waals surface area contributed by atoms with Crippen molar-refractivity contribution in [3.63, 3.8) is 0 Å². The first-order chi connectivity index (χ1) is 12.4. The summed E-state index contributed by atoms with van der Waals surface area (Å²) in [5.41, 5.74) is 6.73. The van der Waals surface area contributed by atoms with Gasteiger partial charge < -0.3 is 24.7 Å². The van der Waals surface area contributed by atoms with Gasteiger partial charge in [-0.05, 0) is 31.9 Å². The minimum Gasteiger partial charge on any atom is -0.493 e. The highest BCUT2D eigenvalue weighted by Gasteiger charge is 2.08. The number of nitrogens with zero attached hydrogens (tertiary/aromatic N) is 1. The number of benzene rings is 2. The molecule has 0 bridgehead atoms. The molecule has 0 heterocycles. The van der Waals surface area contributed by atoms with Crippen LogP contribution in [-0.4, -0.2) is 34.5 Å². The number of halogens is 2. The molecule has 0 radical (unpaired) electrons.